The van der Waals surface area contributed by atoms with Gasteiger partial charge in [0.25, 0.3) is 0 Å². The van der Waals surface area contributed by atoms with Gasteiger partial charge in [0.1, 0.15) is 17.4 Å². The Balaban J connectivity index is 2.00. The van der Waals surface area contributed by atoms with Crippen molar-refractivity contribution in [1.29, 1.82) is 5.26 Å². The van der Waals surface area contributed by atoms with E-state index in [1.54, 1.807) is 48.5 Å². The number of nitrogens with zero attached hydrogens (tertiary/aromatic N) is 1. The van der Waals surface area contributed by atoms with E-state index >= 15 is 0 Å². The van der Waals surface area contributed by atoms with Gasteiger partial charge in [0.2, 0.25) is 5.88 Å². The first-order valence-corrected chi connectivity index (χ1v) is 9.70. The van der Waals surface area contributed by atoms with E-state index in [0.29, 0.717) is 27.5 Å². The van der Waals surface area contributed by atoms with Gasteiger partial charge in [0.15, 0.2) is 5.78 Å². The fraction of sp³-hybridized carbons (Fsp3) is 0.0400. The Kier molecular flexibility index (Phi) is 5.38. The Morgan fingerprint density at radius 2 is 1.53 bits per heavy atom. The predicted molar refractivity (Wildman–Crippen MR) is 116 cm³/mol. The molecule has 3 aromatic carbocycles. The second-order valence-electron chi connectivity index (χ2n) is 6.78. The van der Waals surface area contributed by atoms with Crippen LogP contribution in [-0.4, -0.2) is 5.78 Å². The van der Waals surface area contributed by atoms with E-state index in [2.05, 4.69) is 6.07 Å². The zero-order valence-electron chi connectivity index (χ0n) is 15.9. The van der Waals surface area contributed by atoms with Gasteiger partial charge in [-0.3, -0.25) is 4.79 Å². The fourth-order valence-corrected chi connectivity index (χ4v) is 3.65. The van der Waals surface area contributed by atoms with Gasteiger partial charge in [-0.1, -0.05) is 84.4 Å². The zero-order valence-corrected chi connectivity index (χ0v) is 16.6. The third kappa shape index (κ3) is 3.59. The zero-order chi connectivity index (χ0) is 21.1. The number of hydrogen-bond acceptors (Lipinski definition) is 4. The molecule has 2 N–H and O–H groups in total. The lowest BCUT2D eigenvalue weighted by Gasteiger charge is -2.29. The number of carbonyl (C=O) groups excluding carboxylic acids is 1. The molecule has 0 bridgehead atoms. The van der Waals surface area contributed by atoms with Crippen LogP contribution in [-0.2, 0) is 4.74 Å². The molecule has 0 saturated heterocycles. The van der Waals surface area contributed by atoms with E-state index in [0.717, 1.165) is 5.56 Å². The van der Waals surface area contributed by atoms with Crippen molar-refractivity contribution < 1.29 is 9.53 Å². The minimum Gasteiger partial charge on any atom is -0.439 e. The minimum atomic E-state index is -0.677. The first-order valence-electron chi connectivity index (χ1n) is 9.32. The van der Waals surface area contributed by atoms with Crippen LogP contribution in [0.2, 0.25) is 5.02 Å². The van der Waals surface area contributed by atoms with Crippen molar-refractivity contribution in [3.05, 3.63) is 124 Å². The third-order valence-corrected chi connectivity index (χ3v) is 5.19. The van der Waals surface area contributed by atoms with E-state index in [1.807, 2.05) is 36.4 Å². The lowest BCUT2D eigenvalue weighted by molar-refractivity contribution is 0.102. The summed E-state index contributed by atoms with van der Waals surface area (Å²) in [7, 11) is 0. The lowest BCUT2D eigenvalue weighted by Crippen LogP contribution is -2.24. The number of ketones is 1. The number of halogens is 1. The topological polar surface area (TPSA) is 76.1 Å². The summed E-state index contributed by atoms with van der Waals surface area (Å²) >= 11 is 6.06. The monoisotopic (exact) mass is 412 g/mol. The maximum Gasteiger partial charge on any atom is 0.205 e. The minimum absolute atomic E-state index is 0.0130. The number of allylic oxidation sites excluding steroid dienone is 2. The van der Waals surface area contributed by atoms with Gasteiger partial charge >= 0.3 is 0 Å². The molecular weight excluding hydrogens is 396 g/mol. The van der Waals surface area contributed by atoms with Crippen LogP contribution >= 0.6 is 11.6 Å². The van der Waals surface area contributed by atoms with Crippen LogP contribution in [0.5, 0.6) is 0 Å². The van der Waals surface area contributed by atoms with Crippen molar-refractivity contribution >= 4 is 23.1 Å². The molecule has 5 heteroatoms. The summed E-state index contributed by atoms with van der Waals surface area (Å²) in [5, 5.41) is 10.4. The average Bonchev–Trinajstić information content (AvgIpc) is 2.79. The molecule has 0 fully saturated rings. The molecule has 0 spiro atoms. The molecule has 0 unspecified atom stereocenters. The number of hydrogen-bond donors (Lipinski definition) is 1. The Hall–Kier alpha value is -3.81. The van der Waals surface area contributed by atoms with Crippen molar-refractivity contribution in [3.8, 4) is 6.07 Å². The SMILES string of the molecule is N#CC1=C(N)OC(c2ccccc2)=C(C(=O)c2ccccc2)[C@H]1c1ccc(Cl)cc1. The molecule has 3 aromatic rings. The molecule has 4 rings (SSSR count). The van der Waals surface area contributed by atoms with E-state index in [1.165, 1.54) is 0 Å². The average molecular weight is 413 g/mol. The number of Topliss-reactive ketones (excluding diaryl/α,β-unsaturated/α-hetero) is 1. The van der Waals surface area contributed by atoms with E-state index in [-0.39, 0.29) is 17.2 Å². The molecule has 1 aliphatic rings. The maximum atomic E-state index is 13.7. The molecule has 0 amide bonds. The van der Waals surface area contributed by atoms with Crippen LogP contribution in [0, 0.1) is 11.3 Å². The Morgan fingerprint density at radius 3 is 2.13 bits per heavy atom. The summed E-state index contributed by atoms with van der Waals surface area (Å²) < 4.78 is 5.87. The second-order valence-corrected chi connectivity index (χ2v) is 7.22. The summed E-state index contributed by atoms with van der Waals surface area (Å²) in [5.41, 5.74) is 8.63. The number of rotatable bonds is 4. The van der Waals surface area contributed by atoms with Crippen molar-refractivity contribution in [2.24, 2.45) is 5.73 Å². The molecule has 0 saturated carbocycles. The maximum absolute atomic E-state index is 13.7. The van der Waals surface area contributed by atoms with Crippen LogP contribution in [0.4, 0.5) is 0 Å². The quantitative estimate of drug-likeness (QED) is 0.578. The largest absolute Gasteiger partial charge is 0.439 e. The van der Waals surface area contributed by atoms with Crippen LogP contribution in [0.25, 0.3) is 5.76 Å². The summed E-state index contributed by atoms with van der Waals surface area (Å²) in [6, 6.07) is 27.4. The van der Waals surface area contributed by atoms with Gasteiger partial charge in [-0.2, -0.15) is 5.26 Å². The normalized spacial score (nSPS) is 16.1. The summed E-state index contributed by atoms with van der Waals surface area (Å²) in [4.78, 5) is 13.7. The van der Waals surface area contributed by atoms with Crippen molar-refractivity contribution in [2.75, 3.05) is 0 Å². The van der Waals surface area contributed by atoms with Crippen LogP contribution < -0.4 is 5.73 Å². The Bertz CT molecular complexity index is 1190. The van der Waals surface area contributed by atoms with Gasteiger partial charge in [-0.15, -0.1) is 0 Å². The molecule has 0 aliphatic carbocycles. The van der Waals surface area contributed by atoms with Crippen LogP contribution in [0.1, 0.15) is 27.4 Å². The van der Waals surface area contributed by atoms with Crippen molar-refractivity contribution in [3.63, 3.8) is 0 Å². The molecule has 1 atom stereocenters. The fourth-order valence-electron chi connectivity index (χ4n) is 3.53. The summed E-state index contributed by atoms with van der Waals surface area (Å²) in [6.45, 7) is 0. The lowest BCUT2D eigenvalue weighted by atomic mass is 9.79. The molecule has 146 valence electrons. The second kappa shape index (κ2) is 8.28. The van der Waals surface area contributed by atoms with Gasteiger partial charge in [0, 0.05) is 16.1 Å². The molecule has 30 heavy (non-hydrogen) atoms. The first-order chi connectivity index (χ1) is 14.6. The molecule has 1 aliphatic heterocycles. The first kappa shape index (κ1) is 19.5. The van der Waals surface area contributed by atoms with E-state index in [9.17, 15) is 10.1 Å². The summed E-state index contributed by atoms with van der Waals surface area (Å²) in [5.74, 6) is -0.569. The van der Waals surface area contributed by atoms with Crippen LogP contribution in [0.15, 0.2) is 102 Å². The Morgan fingerprint density at radius 1 is 0.933 bits per heavy atom. The number of carbonyl (C=O) groups is 1. The highest BCUT2D eigenvalue weighted by molar-refractivity contribution is 6.30. The summed E-state index contributed by atoms with van der Waals surface area (Å²) in [6.07, 6.45) is 0. The highest BCUT2D eigenvalue weighted by Gasteiger charge is 2.37. The highest BCUT2D eigenvalue weighted by Crippen LogP contribution is 2.43. The van der Waals surface area contributed by atoms with Crippen LogP contribution in [0.3, 0.4) is 0 Å². The number of benzene rings is 3. The molecule has 1 heterocycles. The van der Waals surface area contributed by atoms with Crippen molar-refractivity contribution in [2.45, 2.75) is 5.92 Å². The van der Waals surface area contributed by atoms with Gasteiger partial charge in [0.05, 0.1) is 11.5 Å². The van der Waals surface area contributed by atoms with Gasteiger partial charge < -0.3 is 10.5 Å². The van der Waals surface area contributed by atoms with Gasteiger partial charge in [-0.25, -0.2) is 0 Å². The Labute approximate surface area is 179 Å². The van der Waals surface area contributed by atoms with E-state index < -0.39 is 5.92 Å². The standard InChI is InChI=1S/C25H17ClN2O2/c26-19-13-11-16(12-14-19)21-20(15-27)25(28)30-24(18-9-5-2-6-10-18)22(21)23(29)17-7-3-1-4-8-17/h1-14,21H,28H2/t21-/m0/s1. The predicted octanol–water partition coefficient (Wildman–Crippen LogP) is 5.44. The van der Waals surface area contributed by atoms with E-state index in [4.69, 9.17) is 22.1 Å². The number of nitrogens with two attached hydrogens (primary N) is 1. The number of nitriles is 1. The molecular formula is C25H17ClN2O2. The molecule has 0 aromatic heterocycles. The highest BCUT2D eigenvalue weighted by atomic mass is 35.5. The molecule has 4 nitrogen and oxygen atoms in total. The number of ether oxygens (including phenoxy) is 1. The third-order valence-electron chi connectivity index (χ3n) is 4.94. The smallest absolute Gasteiger partial charge is 0.205 e. The van der Waals surface area contributed by atoms with Crippen molar-refractivity contribution in [1.82, 2.24) is 0 Å². The molecule has 0 radical (unpaired) electrons. The van der Waals surface area contributed by atoms with Gasteiger partial charge in [-0.05, 0) is 17.7 Å².